The van der Waals surface area contributed by atoms with Gasteiger partial charge in [0.15, 0.2) is 0 Å². The molecule has 1 aromatic rings. The first-order valence-corrected chi connectivity index (χ1v) is 11.7. The SMILES string of the molecule is Cc1cncc(C(=O)NCCN(C2CCOCC2)C2CCN(S(C)(=O)=O)C2)c1. The molecule has 2 aliphatic heterocycles. The van der Waals surface area contributed by atoms with Gasteiger partial charge < -0.3 is 10.1 Å². The van der Waals surface area contributed by atoms with Crippen molar-refractivity contribution in [1.82, 2.24) is 19.5 Å². The molecule has 0 aromatic carbocycles. The zero-order valence-electron chi connectivity index (χ0n) is 16.6. The summed E-state index contributed by atoms with van der Waals surface area (Å²) in [6.07, 6.45) is 7.25. The molecule has 2 aliphatic rings. The Labute approximate surface area is 167 Å². The molecule has 1 N–H and O–H groups in total. The molecule has 0 radical (unpaired) electrons. The lowest BCUT2D eigenvalue weighted by Crippen LogP contribution is -2.50. The quantitative estimate of drug-likeness (QED) is 0.709. The van der Waals surface area contributed by atoms with Crippen LogP contribution in [0.1, 0.15) is 35.2 Å². The third kappa shape index (κ3) is 5.50. The van der Waals surface area contributed by atoms with E-state index in [4.69, 9.17) is 4.74 Å². The van der Waals surface area contributed by atoms with Crippen molar-refractivity contribution in [2.75, 3.05) is 45.6 Å². The molecule has 0 aliphatic carbocycles. The maximum atomic E-state index is 12.4. The smallest absolute Gasteiger partial charge is 0.252 e. The van der Waals surface area contributed by atoms with Gasteiger partial charge in [0.05, 0.1) is 11.8 Å². The molecule has 156 valence electrons. The number of sulfonamides is 1. The predicted molar refractivity (Wildman–Crippen MR) is 107 cm³/mol. The predicted octanol–water partition coefficient (Wildman–Crippen LogP) is 0.635. The summed E-state index contributed by atoms with van der Waals surface area (Å²) < 4.78 is 30.8. The molecule has 1 atom stereocenters. The van der Waals surface area contributed by atoms with Crippen molar-refractivity contribution in [3.8, 4) is 0 Å². The number of rotatable bonds is 7. The van der Waals surface area contributed by atoms with Crippen LogP contribution in [0.5, 0.6) is 0 Å². The first-order chi connectivity index (χ1) is 13.3. The Bertz CT molecular complexity index is 780. The van der Waals surface area contributed by atoms with Gasteiger partial charge in [-0.25, -0.2) is 12.7 Å². The van der Waals surface area contributed by atoms with Crippen molar-refractivity contribution in [3.63, 3.8) is 0 Å². The summed E-state index contributed by atoms with van der Waals surface area (Å²) in [4.78, 5) is 18.8. The fourth-order valence-electron chi connectivity index (χ4n) is 4.04. The van der Waals surface area contributed by atoms with E-state index < -0.39 is 10.0 Å². The topological polar surface area (TPSA) is 91.8 Å². The van der Waals surface area contributed by atoms with Crippen molar-refractivity contribution in [2.45, 2.75) is 38.3 Å². The molecule has 0 saturated carbocycles. The number of carbonyl (C=O) groups is 1. The largest absolute Gasteiger partial charge is 0.381 e. The molecule has 2 fully saturated rings. The first-order valence-electron chi connectivity index (χ1n) is 9.83. The Kier molecular flexibility index (Phi) is 7.03. The number of hydrogen-bond donors (Lipinski definition) is 1. The summed E-state index contributed by atoms with van der Waals surface area (Å²) in [5.74, 6) is -0.132. The molecule has 0 bridgehead atoms. The van der Waals surface area contributed by atoms with Crippen LogP contribution in [-0.2, 0) is 14.8 Å². The van der Waals surface area contributed by atoms with Gasteiger partial charge in [0.25, 0.3) is 5.91 Å². The van der Waals surface area contributed by atoms with Crippen LogP contribution in [0, 0.1) is 6.92 Å². The van der Waals surface area contributed by atoms with E-state index in [1.165, 1.54) is 6.26 Å². The highest BCUT2D eigenvalue weighted by molar-refractivity contribution is 7.88. The minimum absolute atomic E-state index is 0.132. The van der Waals surface area contributed by atoms with E-state index in [0.717, 1.165) is 38.0 Å². The monoisotopic (exact) mass is 410 g/mol. The molecule has 3 rings (SSSR count). The minimum Gasteiger partial charge on any atom is -0.381 e. The van der Waals surface area contributed by atoms with Gasteiger partial charge in [0.2, 0.25) is 10.0 Å². The van der Waals surface area contributed by atoms with E-state index in [-0.39, 0.29) is 11.9 Å². The minimum atomic E-state index is -3.17. The van der Waals surface area contributed by atoms with Gasteiger partial charge in [-0.1, -0.05) is 0 Å². The number of hydrogen-bond acceptors (Lipinski definition) is 6. The fraction of sp³-hybridized carbons (Fsp3) is 0.684. The van der Waals surface area contributed by atoms with E-state index in [9.17, 15) is 13.2 Å². The van der Waals surface area contributed by atoms with Crippen LogP contribution in [-0.4, -0.2) is 86.2 Å². The second kappa shape index (κ2) is 9.30. The number of carbonyl (C=O) groups excluding carboxylic acids is 1. The van der Waals surface area contributed by atoms with Crippen molar-refractivity contribution < 1.29 is 17.9 Å². The lowest BCUT2D eigenvalue weighted by molar-refractivity contribution is 0.0194. The second-order valence-corrected chi connectivity index (χ2v) is 9.63. The molecule has 8 nitrogen and oxygen atoms in total. The average Bonchev–Trinajstić information content (AvgIpc) is 3.16. The molecule has 28 heavy (non-hydrogen) atoms. The van der Waals surface area contributed by atoms with Crippen LogP contribution in [0.4, 0.5) is 0 Å². The summed E-state index contributed by atoms with van der Waals surface area (Å²) in [6, 6.07) is 2.35. The summed E-state index contributed by atoms with van der Waals surface area (Å²) in [7, 11) is -3.17. The zero-order chi connectivity index (χ0) is 20.1. The Hall–Kier alpha value is -1.55. The third-order valence-electron chi connectivity index (χ3n) is 5.52. The molecule has 2 saturated heterocycles. The van der Waals surface area contributed by atoms with Crippen LogP contribution in [0.2, 0.25) is 0 Å². The molecule has 1 amide bonds. The molecule has 3 heterocycles. The van der Waals surface area contributed by atoms with Crippen LogP contribution in [0.25, 0.3) is 0 Å². The number of nitrogens with zero attached hydrogens (tertiary/aromatic N) is 3. The normalized spacial score (nSPS) is 21.9. The highest BCUT2D eigenvalue weighted by atomic mass is 32.2. The standard InChI is InChI=1S/C19H30N4O4S/c1-15-11-16(13-20-12-15)19(24)21-6-8-23(17-4-9-27-10-5-17)18-3-7-22(14-18)28(2,25)26/h11-13,17-18H,3-10,14H2,1-2H3,(H,21,24). The Morgan fingerprint density at radius 3 is 2.68 bits per heavy atom. The van der Waals surface area contributed by atoms with Crippen LogP contribution in [0.15, 0.2) is 18.5 Å². The van der Waals surface area contributed by atoms with Gasteiger partial charge in [-0.05, 0) is 37.8 Å². The maximum Gasteiger partial charge on any atom is 0.252 e. The number of aryl methyl sites for hydroxylation is 1. The first kappa shape index (κ1) is 21.2. The Morgan fingerprint density at radius 2 is 2.04 bits per heavy atom. The van der Waals surface area contributed by atoms with E-state index in [0.29, 0.717) is 37.8 Å². The van der Waals surface area contributed by atoms with Gasteiger partial charge in [0, 0.05) is 63.9 Å². The van der Waals surface area contributed by atoms with E-state index >= 15 is 0 Å². The molecule has 9 heteroatoms. The summed E-state index contributed by atoms with van der Waals surface area (Å²) in [5, 5.41) is 2.98. The third-order valence-corrected chi connectivity index (χ3v) is 6.79. The number of aromatic nitrogens is 1. The van der Waals surface area contributed by atoms with E-state index in [1.807, 2.05) is 13.0 Å². The Balaban J connectivity index is 1.60. The fourth-order valence-corrected chi connectivity index (χ4v) is 4.92. The maximum absolute atomic E-state index is 12.4. The van der Waals surface area contributed by atoms with Crippen LogP contribution < -0.4 is 5.32 Å². The van der Waals surface area contributed by atoms with Gasteiger partial charge in [-0.3, -0.25) is 14.7 Å². The van der Waals surface area contributed by atoms with Crippen molar-refractivity contribution in [2.24, 2.45) is 0 Å². The van der Waals surface area contributed by atoms with Gasteiger partial charge in [-0.15, -0.1) is 0 Å². The molecular weight excluding hydrogens is 380 g/mol. The number of nitrogens with one attached hydrogen (secondary N) is 1. The summed E-state index contributed by atoms with van der Waals surface area (Å²) >= 11 is 0. The van der Waals surface area contributed by atoms with Crippen molar-refractivity contribution in [1.29, 1.82) is 0 Å². The Morgan fingerprint density at radius 1 is 1.29 bits per heavy atom. The second-order valence-electron chi connectivity index (χ2n) is 7.65. The number of amides is 1. The molecular formula is C19H30N4O4S. The summed E-state index contributed by atoms with van der Waals surface area (Å²) in [5.41, 5.74) is 1.50. The van der Waals surface area contributed by atoms with Crippen LogP contribution >= 0.6 is 0 Å². The van der Waals surface area contributed by atoms with Crippen LogP contribution in [0.3, 0.4) is 0 Å². The highest BCUT2D eigenvalue weighted by Crippen LogP contribution is 2.24. The van der Waals surface area contributed by atoms with E-state index in [1.54, 1.807) is 16.7 Å². The highest BCUT2D eigenvalue weighted by Gasteiger charge is 2.35. The summed E-state index contributed by atoms with van der Waals surface area (Å²) in [6.45, 7) is 5.65. The van der Waals surface area contributed by atoms with E-state index in [2.05, 4.69) is 15.2 Å². The van der Waals surface area contributed by atoms with Gasteiger partial charge in [-0.2, -0.15) is 0 Å². The van der Waals surface area contributed by atoms with Crippen molar-refractivity contribution >= 4 is 15.9 Å². The number of ether oxygens (including phenoxy) is 1. The molecule has 1 aromatic heterocycles. The van der Waals surface area contributed by atoms with Gasteiger partial charge >= 0.3 is 0 Å². The molecule has 1 unspecified atom stereocenters. The lowest BCUT2D eigenvalue weighted by Gasteiger charge is -2.38. The molecule has 0 spiro atoms. The van der Waals surface area contributed by atoms with Crippen molar-refractivity contribution in [3.05, 3.63) is 29.6 Å². The number of pyridine rings is 1. The van der Waals surface area contributed by atoms with Gasteiger partial charge in [0.1, 0.15) is 0 Å². The average molecular weight is 411 g/mol. The zero-order valence-corrected chi connectivity index (χ0v) is 17.5. The lowest BCUT2D eigenvalue weighted by atomic mass is 10.0.